The second-order valence-electron chi connectivity index (χ2n) is 4.74. The van der Waals surface area contributed by atoms with E-state index in [1.54, 1.807) is 6.26 Å². The predicted octanol–water partition coefficient (Wildman–Crippen LogP) is 3.30. The quantitative estimate of drug-likeness (QED) is 0.918. The van der Waals surface area contributed by atoms with Crippen LogP contribution >= 0.6 is 11.3 Å². The molecule has 0 radical (unpaired) electrons. The minimum Gasteiger partial charge on any atom is -0.463 e. The lowest BCUT2D eigenvalue weighted by Gasteiger charge is -2.07. The number of hydrogen-bond acceptors (Lipinski definition) is 5. The fourth-order valence-electron chi connectivity index (χ4n) is 2.21. The number of carbonyl (C=O) groups is 1. The normalized spacial score (nSPS) is 18.3. The van der Waals surface area contributed by atoms with E-state index in [9.17, 15) is 4.79 Å². The first-order valence-corrected chi connectivity index (χ1v) is 7.60. The number of rotatable bonds is 5. The molecular formula is C14H16N2O3S. The second-order valence-corrected chi connectivity index (χ2v) is 5.60. The maximum absolute atomic E-state index is 11.8. The van der Waals surface area contributed by atoms with E-state index in [1.807, 2.05) is 17.5 Å². The van der Waals surface area contributed by atoms with Gasteiger partial charge in [0.1, 0.15) is 5.69 Å². The Labute approximate surface area is 121 Å². The highest BCUT2D eigenvalue weighted by atomic mass is 32.1. The van der Waals surface area contributed by atoms with Gasteiger partial charge in [-0.15, -0.1) is 11.3 Å². The van der Waals surface area contributed by atoms with Crippen molar-refractivity contribution in [3.8, 4) is 11.5 Å². The summed E-state index contributed by atoms with van der Waals surface area (Å²) in [6, 6.07) is 3.66. The lowest BCUT2D eigenvalue weighted by molar-refractivity contribution is -0.116. The largest absolute Gasteiger partial charge is 0.463 e. The van der Waals surface area contributed by atoms with Gasteiger partial charge in [-0.25, -0.2) is 4.98 Å². The third-order valence-corrected chi connectivity index (χ3v) is 4.00. The number of amides is 1. The van der Waals surface area contributed by atoms with Crippen molar-refractivity contribution >= 4 is 22.4 Å². The molecule has 2 aromatic rings. The van der Waals surface area contributed by atoms with E-state index in [1.165, 1.54) is 11.3 Å². The molecule has 1 aliphatic heterocycles. The monoisotopic (exact) mass is 292 g/mol. The Morgan fingerprint density at radius 1 is 1.55 bits per heavy atom. The minimum atomic E-state index is -0.0131. The molecule has 3 heterocycles. The highest BCUT2D eigenvalue weighted by Crippen LogP contribution is 2.25. The molecule has 3 rings (SSSR count). The first-order valence-electron chi connectivity index (χ1n) is 6.72. The summed E-state index contributed by atoms with van der Waals surface area (Å²) < 4.78 is 10.8. The number of hydrogen-bond donors (Lipinski definition) is 1. The maximum atomic E-state index is 11.8. The molecule has 1 saturated heterocycles. The molecule has 20 heavy (non-hydrogen) atoms. The number of nitrogens with one attached hydrogen (secondary N) is 1. The van der Waals surface area contributed by atoms with E-state index in [2.05, 4.69) is 10.3 Å². The summed E-state index contributed by atoms with van der Waals surface area (Å²) >= 11 is 1.40. The standard InChI is InChI=1S/C14H16N2O3S/c17-13(6-5-10-3-1-7-18-10)16-14-15-11(9-20-14)12-4-2-8-19-12/h2,4,8-10H,1,3,5-7H2,(H,15,16,17). The molecule has 0 aromatic carbocycles. The van der Waals surface area contributed by atoms with E-state index < -0.39 is 0 Å². The number of thiazole rings is 1. The van der Waals surface area contributed by atoms with Gasteiger partial charge in [0.15, 0.2) is 10.9 Å². The van der Waals surface area contributed by atoms with Crippen molar-refractivity contribution in [3.05, 3.63) is 23.8 Å². The van der Waals surface area contributed by atoms with Gasteiger partial charge < -0.3 is 14.5 Å². The number of aromatic nitrogens is 1. The fraction of sp³-hybridized carbons (Fsp3) is 0.429. The zero-order valence-electron chi connectivity index (χ0n) is 11.0. The van der Waals surface area contributed by atoms with Gasteiger partial charge in [0, 0.05) is 18.4 Å². The summed E-state index contributed by atoms with van der Waals surface area (Å²) in [7, 11) is 0. The van der Waals surface area contributed by atoms with Crippen molar-refractivity contribution in [3.63, 3.8) is 0 Å². The van der Waals surface area contributed by atoms with Crippen molar-refractivity contribution < 1.29 is 13.9 Å². The second kappa shape index (κ2) is 6.19. The Balaban J connectivity index is 1.51. The number of anilines is 1. The van der Waals surface area contributed by atoms with Crippen molar-refractivity contribution in [1.82, 2.24) is 4.98 Å². The van der Waals surface area contributed by atoms with Crippen molar-refractivity contribution in [2.75, 3.05) is 11.9 Å². The highest BCUT2D eigenvalue weighted by molar-refractivity contribution is 7.14. The highest BCUT2D eigenvalue weighted by Gasteiger charge is 2.17. The molecule has 5 nitrogen and oxygen atoms in total. The number of ether oxygens (including phenoxy) is 1. The first-order chi connectivity index (χ1) is 9.81. The SMILES string of the molecule is O=C(CCC1CCCO1)Nc1nc(-c2ccco2)cs1. The van der Waals surface area contributed by atoms with Crippen LogP contribution in [0.4, 0.5) is 5.13 Å². The van der Waals surface area contributed by atoms with Gasteiger partial charge >= 0.3 is 0 Å². The molecule has 0 aliphatic carbocycles. The summed E-state index contributed by atoms with van der Waals surface area (Å²) in [6.07, 6.45) is 5.27. The van der Waals surface area contributed by atoms with Crippen molar-refractivity contribution in [2.45, 2.75) is 31.8 Å². The zero-order valence-corrected chi connectivity index (χ0v) is 11.8. The molecule has 2 aromatic heterocycles. The molecular weight excluding hydrogens is 276 g/mol. The van der Waals surface area contributed by atoms with Crippen LogP contribution in [0.25, 0.3) is 11.5 Å². The molecule has 1 N–H and O–H groups in total. The zero-order chi connectivity index (χ0) is 13.8. The van der Waals surface area contributed by atoms with Crippen LogP contribution in [0.3, 0.4) is 0 Å². The molecule has 0 bridgehead atoms. The molecule has 0 saturated carbocycles. The van der Waals surface area contributed by atoms with Gasteiger partial charge in [-0.1, -0.05) is 0 Å². The molecule has 6 heteroatoms. The van der Waals surface area contributed by atoms with Gasteiger partial charge in [0.2, 0.25) is 5.91 Å². The van der Waals surface area contributed by atoms with Crippen molar-refractivity contribution in [2.24, 2.45) is 0 Å². The van der Waals surface area contributed by atoms with Gasteiger partial charge in [0.25, 0.3) is 0 Å². The summed E-state index contributed by atoms with van der Waals surface area (Å²) in [6.45, 7) is 0.825. The maximum Gasteiger partial charge on any atom is 0.226 e. The molecule has 1 atom stereocenters. The smallest absolute Gasteiger partial charge is 0.226 e. The third-order valence-electron chi connectivity index (χ3n) is 3.24. The first kappa shape index (κ1) is 13.3. The summed E-state index contributed by atoms with van der Waals surface area (Å²) in [4.78, 5) is 16.2. The lowest BCUT2D eigenvalue weighted by Crippen LogP contribution is -2.15. The van der Waals surface area contributed by atoms with E-state index in [0.717, 1.165) is 31.6 Å². The molecule has 1 amide bonds. The summed E-state index contributed by atoms with van der Waals surface area (Å²) in [5.41, 5.74) is 0.745. The van der Waals surface area contributed by atoms with E-state index >= 15 is 0 Å². The Morgan fingerprint density at radius 3 is 3.25 bits per heavy atom. The molecule has 106 valence electrons. The number of furan rings is 1. The van der Waals surface area contributed by atoms with Crippen LogP contribution in [-0.2, 0) is 9.53 Å². The van der Waals surface area contributed by atoms with Crippen LogP contribution in [-0.4, -0.2) is 23.6 Å². The van der Waals surface area contributed by atoms with E-state index in [0.29, 0.717) is 17.3 Å². The third kappa shape index (κ3) is 3.26. The topological polar surface area (TPSA) is 64.4 Å². The molecule has 1 unspecified atom stereocenters. The van der Waals surface area contributed by atoms with Crippen LogP contribution in [0.15, 0.2) is 28.2 Å². The fourth-order valence-corrected chi connectivity index (χ4v) is 2.93. The van der Waals surface area contributed by atoms with Crippen LogP contribution in [0.1, 0.15) is 25.7 Å². The van der Waals surface area contributed by atoms with Crippen LogP contribution in [0.2, 0.25) is 0 Å². The van der Waals surface area contributed by atoms with Crippen LogP contribution in [0.5, 0.6) is 0 Å². The van der Waals surface area contributed by atoms with Crippen LogP contribution in [0, 0.1) is 0 Å². The van der Waals surface area contributed by atoms with Gasteiger partial charge in [-0.3, -0.25) is 4.79 Å². The van der Waals surface area contributed by atoms with E-state index in [4.69, 9.17) is 9.15 Å². The summed E-state index contributed by atoms with van der Waals surface area (Å²) in [5.74, 6) is 0.696. The van der Waals surface area contributed by atoms with E-state index in [-0.39, 0.29) is 12.0 Å². The minimum absolute atomic E-state index is 0.0131. The number of nitrogens with zero attached hydrogens (tertiary/aromatic N) is 1. The van der Waals surface area contributed by atoms with Gasteiger partial charge in [0.05, 0.1) is 12.4 Å². The molecule has 0 spiro atoms. The lowest BCUT2D eigenvalue weighted by atomic mass is 10.1. The number of carbonyl (C=O) groups excluding carboxylic acids is 1. The van der Waals surface area contributed by atoms with Gasteiger partial charge in [-0.05, 0) is 31.4 Å². The summed E-state index contributed by atoms with van der Waals surface area (Å²) in [5, 5.41) is 5.29. The Hall–Kier alpha value is -1.66. The van der Waals surface area contributed by atoms with Gasteiger partial charge in [-0.2, -0.15) is 0 Å². The average molecular weight is 292 g/mol. The average Bonchev–Trinajstić information content (AvgIpc) is 3.18. The molecule has 1 aliphatic rings. The van der Waals surface area contributed by atoms with Crippen LogP contribution < -0.4 is 5.32 Å². The Kier molecular flexibility index (Phi) is 4.13. The Morgan fingerprint density at radius 2 is 2.50 bits per heavy atom. The molecule has 1 fully saturated rings. The predicted molar refractivity (Wildman–Crippen MR) is 76.7 cm³/mol. The van der Waals surface area contributed by atoms with Crippen molar-refractivity contribution in [1.29, 1.82) is 0 Å². The Bertz CT molecular complexity index is 559.